The number of ether oxygens (including phenoxy) is 4. The third-order valence-corrected chi connectivity index (χ3v) is 5.52. The first kappa shape index (κ1) is 20.0. The summed E-state index contributed by atoms with van der Waals surface area (Å²) in [5.74, 6) is 1.67. The summed E-state index contributed by atoms with van der Waals surface area (Å²) in [4.78, 5) is 25.2. The summed E-state index contributed by atoms with van der Waals surface area (Å²) in [6.45, 7) is 0. The highest BCUT2D eigenvalue weighted by molar-refractivity contribution is 6.14. The summed E-state index contributed by atoms with van der Waals surface area (Å²) in [5, 5.41) is 0. The first-order valence-corrected chi connectivity index (χ1v) is 10.1. The van der Waals surface area contributed by atoms with Gasteiger partial charge in [-0.25, -0.2) is 0 Å². The molecule has 1 aliphatic heterocycles. The second kappa shape index (κ2) is 8.61. The minimum absolute atomic E-state index is 0.0504. The van der Waals surface area contributed by atoms with Gasteiger partial charge >= 0.3 is 5.97 Å². The summed E-state index contributed by atoms with van der Waals surface area (Å²) in [7, 11) is 3.13. The minimum atomic E-state index is -0.236. The van der Waals surface area contributed by atoms with E-state index in [-0.39, 0.29) is 23.4 Å². The highest BCUT2D eigenvalue weighted by atomic mass is 16.5. The van der Waals surface area contributed by atoms with Gasteiger partial charge in [0.1, 0.15) is 23.0 Å². The molecule has 6 nitrogen and oxygen atoms in total. The molecular formula is C24H24O6. The fourth-order valence-corrected chi connectivity index (χ4v) is 3.86. The van der Waals surface area contributed by atoms with Crippen LogP contribution in [0.3, 0.4) is 0 Å². The Morgan fingerprint density at radius 2 is 1.77 bits per heavy atom. The van der Waals surface area contributed by atoms with Crippen molar-refractivity contribution in [2.45, 2.75) is 32.1 Å². The topological polar surface area (TPSA) is 71.1 Å². The third-order valence-electron chi connectivity index (χ3n) is 5.52. The quantitative estimate of drug-likeness (QED) is 0.402. The third kappa shape index (κ3) is 4.03. The van der Waals surface area contributed by atoms with E-state index in [4.69, 9.17) is 18.9 Å². The Hall–Kier alpha value is -3.28. The van der Waals surface area contributed by atoms with Crippen molar-refractivity contribution < 1.29 is 28.5 Å². The standard InChI is InChI=1S/C24H24O6/c1-27-17-9-11-20(28-2)16(12-17)13-22-23(25)19-10-8-18(14-21(19)30-22)29-24(26)15-6-4-3-5-7-15/h8-15H,3-7H2,1-2H3/b22-13+. The van der Waals surface area contributed by atoms with Crippen LogP contribution in [0.4, 0.5) is 0 Å². The number of carbonyl (C=O) groups is 2. The minimum Gasteiger partial charge on any atom is -0.497 e. The molecule has 0 unspecified atom stereocenters. The van der Waals surface area contributed by atoms with E-state index in [2.05, 4.69) is 0 Å². The lowest BCUT2D eigenvalue weighted by Crippen LogP contribution is -2.22. The van der Waals surface area contributed by atoms with Crippen LogP contribution in [0.25, 0.3) is 6.08 Å². The van der Waals surface area contributed by atoms with Gasteiger partial charge in [-0.15, -0.1) is 0 Å². The van der Waals surface area contributed by atoms with Gasteiger partial charge in [0.2, 0.25) is 5.78 Å². The van der Waals surface area contributed by atoms with Gasteiger partial charge in [0.05, 0.1) is 25.7 Å². The highest BCUT2D eigenvalue weighted by Crippen LogP contribution is 2.37. The number of allylic oxidation sites excluding steroid dienone is 1. The van der Waals surface area contributed by atoms with Crippen LogP contribution in [0.15, 0.2) is 42.2 Å². The Bertz CT molecular complexity index is 1000. The summed E-state index contributed by atoms with van der Waals surface area (Å²) in [6, 6.07) is 10.2. The molecule has 1 aliphatic carbocycles. The predicted molar refractivity (Wildman–Crippen MR) is 111 cm³/mol. The van der Waals surface area contributed by atoms with Crippen molar-refractivity contribution in [1.29, 1.82) is 0 Å². The molecule has 0 aromatic heterocycles. The second-order valence-electron chi connectivity index (χ2n) is 7.46. The van der Waals surface area contributed by atoms with E-state index in [0.717, 1.165) is 25.7 Å². The molecular weight excluding hydrogens is 384 g/mol. The largest absolute Gasteiger partial charge is 0.497 e. The van der Waals surface area contributed by atoms with Crippen LogP contribution in [-0.4, -0.2) is 26.0 Å². The van der Waals surface area contributed by atoms with E-state index in [1.54, 1.807) is 56.7 Å². The maximum Gasteiger partial charge on any atom is 0.314 e. The molecule has 2 aromatic carbocycles. The number of esters is 1. The number of hydrogen-bond donors (Lipinski definition) is 0. The monoisotopic (exact) mass is 408 g/mol. The molecule has 156 valence electrons. The van der Waals surface area contributed by atoms with Gasteiger partial charge in [-0.3, -0.25) is 9.59 Å². The van der Waals surface area contributed by atoms with Gasteiger partial charge in [0, 0.05) is 11.6 Å². The van der Waals surface area contributed by atoms with Gasteiger partial charge < -0.3 is 18.9 Å². The molecule has 1 heterocycles. The number of Topliss-reactive ketones (excluding diaryl/α,β-unsaturated/α-hetero) is 1. The summed E-state index contributed by atoms with van der Waals surface area (Å²) in [5.41, 5.74) is 1.09. The van der Waals surface area contributed by atoms with Crippen molar-refractivity contribution in [2.75, 3.05) is 14.2 Å². The molecule has 2 aliphatic rings. The fraction of sp³-hybridized carbons (Fsp3) is 0.333. The normalized spacial score (nSPS) is 17.4. The van der Waals surface area contributed by atoms with Crippen molar-refractivity contribution in [2.24, 2.45) is 5.92 Å². The van der Waals surface area contributed by atoms with Crippen LogP contribution in [0, 0.1) is 5.92 Å². The van der Waals surface area contributed by atoms with Crippen LogP contribution < -0.4 is 18.9 Å². The van der Waals surface area contributed by atoms with Crippen molar-refractivity contribution in [3.05, 3.63) is 53.3 Å². The lowest BCUT2D eigenvalue weighted by Gasteiger charge is -2.19. The average Bonchev–Trinajstić information content (AvgIpc) is 3.08. The van der Waals surface area contributed by atoms with Crippen LogP contribution in [0.1, 0.15) is 48.0 Å². The van der Waals surface area contributed by atoms with Crippen molar-refractivity contribution in [3.63, 3.8) is 0 Å². The lowest BCUT2D eigenvalue weighted by molar-refractivity contribution is -0.139. The molecule has 30 heavy (non-hydrogen) atoms. The molecule has 6 heteroatoms. The summed E-state index contributed by atoms with van der Waals surface area (Å²) < 4.78 is 22.0. The lowest BCUT2D eigenvalue weighted by atomic mass is 9.89. The molecule has 0 N–H and O–H groups in total. The van der Waals surface area contributed by atoms with E-state index in [1.165, 1.54) is 6.42 Å². The Morgan fingerprint density at radius 1 is 1.00 bits per heavy atom. The zero-order valence-electron chi connectivity index (χ0n) is 17.1. The van der Waals surface area contributed by atoms with Gasteiger partial charge in [0.25, 0.3) is 0 Å². The van der Waals surface area contributed by atoms with Crippen molar-refractivity contribution in [1.82, 2.24) is 0 Å². The molecule has 0 radical (unpaired) electrons. The van der Waals surface area contributed by atoms with Crippen LogP contribution in [-0.2, 0) is 4.79 Å². The zero-order valence-corrected chi connectivity index (χ0v) is 17.1. The molecule has 2 aromatic rings. The molecule has 0 bridgehead atoms. The fourth-order valence-electron chi connectivity index (χ4n) is 3.86. The number of rotatable bonds is 5. The SMILES string of the molecule is COc1ccc(OC)c(/C=C2/Oc3cc(OC(=O)C4CCCCC4)ccc3C2=O)c1. The smallest absolute Gasteiger partial charge is 0.314 e. The Balaban J connectivity index is 1.54. The molecule has 0 saturated heterocycles. The molecule has 1 fully saturated rings. The van der Waals surface area contributed by atoms with E-state index in [0.29, 0.717) is 34.1 Å². The second-order valence-corrected chi connectivity index (χ2v) is 7.46. The maximum atomic E-state index is 12.8. The first-order chi connectivity index (χ1) is 14.6. The number of hydrogen-bond acceptors (Lipinski definition) is 6. The number of benzene rings is 2. The molecule has 0 spiro atoms. The Labute approximate surface area is 175 Å². The van der Waals surface area contributed by atoms with Gasteiger partial charge in [-0.1, -0.05) is 19.3 Å². The van der Waals surface area contributed by atoms with Crippen molar-refractivity contribution in [3.8, 4) is 23.0 Å². The van der Waals surface area contributed by atoms with Gasteiger partial charge in [-0.05, 0) is 49.2 Å². The molecule has 0 amide bonds. The molecule has 0 atom stereocenters. The van der Waals surface area contributed by atoms with Gasteiger partial charge in [-0.2, -0.15) is 0 Å². The van der Waals surface area contributed by atoms with Crippen LogP contribution in [0.5, 0.6) is 23.0 Å². The average molecular weight is 408 g/mol. The molecule has 4 rings (SSSR count). The van der Waals surface area contributed by atoms with Gasteiger partial charge in [0.15, 0.2) is 5.76 Å². The van der Waals surface area contributed by atoms with E-state index in [1.807, 2.05) is 0 Å². The molecule has 1 saturated carbocycles. The van der Waals surface area contributed by atoms with Crippen LogP contribution in [0.2, 0.25) is 0 Å². The number of fused-ring (bicyclic) bond motifs is 1. The number of methoxy groups -OCH3 is 2. The first-order valence-electron chi connectivity index (χ1n) is 10.1. The van der Waals surface area contributed by atoms with E-state index < -0.39 is 0 Å². The maximum absolute atomic E-state index is 12.8. The van der Waals surface area contributed by atoms with Crippen LogP contribution >= 0.6 is 0 Å². The van der Waals surface area contributed by atoms with E-state index >= 15 is 0 Å². The zero-order chi connectivity index (χ0) is 21.1. The predicted octanol–water partition coefficient (Wildman–Crippen LogP) is 4.81. The van der Waals surface area contributed by atoms with Crippen molar-refractivity contribution >= 4 is 17.8 Å². The van der Waals surface area contributed by atoms with E-state index in [9.17, 15) is 9.59 Å². The summed E-state index contributed by atoms with van der Waals surface area (Å²) >= 11 is 0. The Morgan fingerprint density at radius 3 is 2.50 bits per heavy atom. The number of carbonyl (C=O) groups excluding carboxylic acids is 2. The Kier molecular flexibility index (Phi) is 5.74. The number of ketones is 1. The summed E-state index contributed by atoms with van der Waals surface area (Å²) in [6.07, 6.45) is 6.65. The highest BCUT2D eigenvalue weighted by Gasteiger charge is 2.29.